The van der Waals surface area contributed by atoms with Crippen LogP contribution in [0.5, 0.6) is 11.5 Å². The number of pyridine rings is 1. The van der Waals surface area contributed by atoms with E-state index in [1.165, 1.54) is 22.9 Å². The Hall–Kier alpha value is -2.84. The van der Waals surface area contributed by atoms with Crippen molar-refractivity contribution in [3.63, 3.8) is 0 Å². The molecule has 29 heavy (non-hydrogen) atoms. The second-order valence-electron chi connectivity index (χ2n) is 6.39. The fraction of sp³-hybridized carbons (Fsp3) is 0.429. The lowest BCUT2D eigenvalue weighted by Crippen LogP contribution is -2.29. The van der Waals surface area contributed by atoms with Crippen molar-refractivity contribution >= 4 is 5.91 Å². The second kappa shape index (κ2) is 11.2. The molecule has 0 saturated heterocycles. The van der Waals surface area contributed by atoms with E-state index in [-0.39, 0.29) is 17.5 Å². The van der Waals surface area contributed by atoms with Crippen molar-refractivity contribution in [2.24, 2.45) is 0 Å². The third-order valence-electron chi connectivity index (χ3n) is 4.36. The standard InChI is InChI=1S/C21H28N2O6/c1-15(16-5-7-18(19(13-16)28-4)29-12-11-27-3)22-21(25)17-6-8-20(24)23(14-17)9-10-26-2/h5-8,13-15H,9-12H2,1-4H3,(H,22,25). The van der Waals surface area contributed by atoms with Crippen LogP contribution in [-0.2, 0) is 16.0 Å². The van der Waals surface area contributed by atoms with Gasteiger partial charge in [-0.25, -0.2) is 0 Å². The summed E-state index contributed by atoms with van der Waals surface area (Å²) in [6.45, 7) is 3.54. The first-order valence-electron chi connectivity index (χ1n) is 9.30. The van der Waals surface area contributed by atoms with Crippen LogP contribution in [-0.4, -0.2) is 51.6 Å². The third-order valence-corrected chi connectivity index (χ3v) is 4.36. The van der Waals surface area contributed by atoms with Crippen LogP contribution in [0.1, 0.15) is 28.9 Å². The summed E-state index contributed by atoms with van der Waals surface area (Å²) in [5.41, 5.74) is 1.08. The maximum atomic E-state index is 12.6. The maximum absolute atomic E-state index is 12.6. The van der Waals surface area contributed by atoms with Crippen LogP contribution in [0.25, 0.3) is 0 Å². The lowest BCUT2D eigenvalue weighted by atomic mass is 10.1. The molecule has 1 aromatic heterocycles. The zero-order valence-electron chi connectivity index (χ0n) is 17.3. The third kappa shape index (κ3) is 6.33. The van der Waals surface area contributed by atoms with Crippen LogP contribution < -0.4 is 20.3 Å². The number of benzene rings is 1. The first kappa shape index (κ1) is 22.4. The number of methoxy groups -OCH3 is 3. The molecular weight excluding hydrogens is 376 g/mol. The summed E-state index contributed by atoms with van der Waals surface area (Å²) in [5, 5.41) is 2.94. The van der Waals surface area contributed by atoms with Crippen molar-refractivity contribution < 1.29 is 23.7 Å². The highest BCUT2D eigenvalue weighted by atomic mass is 16.5. The van der Waals surface area contributed by atoms with Crippen LogP contribution in [0.15, 0.2) is 41.3 Å². The summed E-state index contributed by atoms with van der Waals surface area (Å²) in [6, 6.07) is 8.12. The van der Waals surface area contributed by atoms with Gasteiger partial charge in [0.2, 0.25) is 0 Å². The minimum atomic E-state index is -0.275. The largest absolute Gasteiger partial charge is 0.493 e. The molecule has 1 aromatic carbocycles. The molecular formula is C21H28N2O6. The van der Waals surface area contributed by atoms with Crippen molar-refractivity contribution in [1.82, 2.24) is 9.88 Å². The quantitative estimate of drug-likeness (QED) is 0.577. The van der Waals surface area contributed by atoms with Gasteiger partial charge in [-0.1, -0.05) is 6.07 Å². The number of amides is 1. The fourth-order valence-corrected chi connectivity index (χ4v) is 2.70. The predicted molar refractivity (Wildman–Crippen MR) is 109 cm³/mol. The maximum Gasteiger partial charge on any atom is 0.253 e. The molecule has 2 rings (SSSR count). The molecule has 0 aliphatic heterocycles. The molecule has 158 valence electrons. The molecule has 0 fully saturated rings. The van der Waals surface area contributed by atoms with E-state index >= 15 is 0 Å². The van der Waals surface area contributed by atoms with E-state index < -0.39 is 0 Å². The Kier molecular flexibility index (Phi) is 8.69. The molecule has 1 amide bonds. The minimum absolute atomic E-state index is 0.180. The van der Waals surface area contributed by atoms with Crippen molar-refractivity contribution in [2.75, 3.05) is 41.2 Å². The van der Waals surface area contributed by atoms with Gasteiger partial charge in [-0.05, 0) is 30.7 Å². The Morgan fingerprint density at radius 2 is 1.79 bits per heavy atom. The molecule has 1 unspecified atom stereocenters. The Balaban J connectivity index is 2.10. The molecule has 1 heterocycles. The van der Waals surface area contributed by atoms with Crippen molar-refractivity contribution in [3.05, 3.63) is 58.0 Å². The van der Waals surface area contributed by atoms with Crippen LogP contribution in [0.4, 0.5) is 0 Å². The zero-order chi connectivity index (χ0) is 21.2. The zero-order valence-corrected chi connectivity index (χ0v) is 17.3. The summed E-state index contributed by atoms with van der Waals surface area (Å²) in [7, 11) is 4.73. The molecule has 0 radical (unpaired) electrons. The minimum Gasteiger partial charge on any atom is -0.493 e. The lowest BCUT2D eigenvalue weighted by Gasteiger charge is -2.17. The Morgan fingerprint density at radius 1 is 1.03 bits per heavy atom. The van der Waals surface area contributed by atoms with Crippen LogP contribution in [0.3, 0.4) is 0 Å². The van der Waals surface area contributed by atoms with Crippen LogP contribution in [0.2, 0.25) is 0 Å². The summed E-state index contributed by atoms with van der Waals surface area (Å²) < 4.78 is 22.5. The highest BCUT2D eigenvalue weighted by Gasteiger charge is 2.15. The predicted octanol–water partition coefficient (Wildman–Crippen LogP) is 2.02. The van der Waals surface area contributed by atoms with Gasteiger partial charge in [-0.15, -0.1) is 0 Å². The molecule has 8 nitrogen and oxygen atoms in total. The molecule has 0 bridgehead atoms. The van der Waals surface area contributed by atoms with E-state index in [4.69, 9.17) is 18.9 Å². The highest BCUT2D eigenvalue weighted by Crippen LogP contribution is 2.30. The Labute approximate surface area is 170 Å². The number of aromatic nitrogens is 1. The van der Waals surface area contributed by atoms with Crippen molar-refractivity contribution in [1.29, 1.82) is 0 Å². The monoisotopic (exact) mass is 404 g/mol. The SMILES string of the molecule is COCCOc1ccc(C(C)NC(=O)c2ccc(=O)n(CCOC)c2)cc1OC. The number of rotatable bonds is 11. The molecule has 2 aromatic rings. The highest BCUT2D eigenvalue weighted by molar-refractivity contribution is 5.94. The summed E-state index contributed by atoms with van der Waals surface area (Å²) >= 11 is 0. The second-order valence-corrected chi connectivity index (χ2v) is 6.39. The van der Waals surface area contributed by atoms with Gasteiger partial charge in [0.15, 0.2) is 11.5 Å². The van der Waals surface area contributed by atoms with E-state index in [0.29, 0.717) is 43.4 Å². The number of nitrogens with zero attached hydrogens (tertiary/aromatic N) is 1. The molecule has 0 spiro atoms. The molecule has 0 aliphatic rings. The Bertz CT molecular complexity index is 864. The molecule has 1 atom stereocenters. The average Bonchev–Trinajstić information content (AvgIpc) is 2.73. The summed E-state index contributed by atoms with van der Waals surface area (Å²) in [6.07, 6.45) is 1.54. The van der Waals surface area contributed by atoms with E-state index in [0.717, 1.165) is 5.56 Å². The number of nitrogens with one attached hydrogen (secondary N) is 1. The molecule has 8 heteroatoms. The summed E-state index contributed by atoms with van der Waals surface area (Å²) in [5.74, 6) is 0.910. The topological polar surface area (TPSA) is 88.0 Å². The van der Waals surface area contributed by atoms with Gasteiger partial charge >= 0.3 is 0 Å². The summed E-state index contributed by atoms with van der Waals surface area (Å²) in [4.78, 5) is 24.5. The van der Waals surface area contributed by atoms with Crippen molar-refractivity contribution in [3.8, 4) is 11.5 Å². The average molecular weight is 404 g/mol. The molecule has 0 aliphatic carbocycles. The number of carbonyl (C=O) groups excluding carboxylic acids is 1. The lowest BCUT2D eigenvalue weighted by molar-refractivity contribution is 0.0938. The first-order valence-corrected chi connectivity index (χ1v) is 9.30. The first-order chi connectivity index (χ1) is 14.0. The fourth-order valence-electron chi connectivity index (χ4n) is 2.70. The van der Waals surface area contributed by atoms with Crippen molar-refractivity contribution in [2.45, 2.75) is 19.5 Å². The van der Waals surface area contributed by atoms with Gasteiger partial charge < -0.3 is 28.8 Å². The van der Waals surface area contributed by atoms with Crippen LogP contribution >= 0.6 is 0 Å². The smallest absolute Gasteiger partial charge is 0.253 e. The number of ether oxygens (including phenoxy) is 4. The van der Waals surface area contributed by atoms with E-state index in [9.17, 15) is 9.59 Å². The normalized spacial score (nSPS) is 11.7. The van der Waals surface area contributed by atoms with Gasteiger partial charge in [0.05, 0.1) is 31.9 Å². The van der Waals surface area contributed by atoms with Crippen LogP contribution in [0, 0.1) is 0 Å². The molecule has 1 N–H and O–H groups in total. The van der Waals surface area contributed by atoms with Gasteiger partial charge in [-0.3, -0.25) is 9.59 Å². The van der Waals surface area contributed by atoms with E-state index in [1.54, 1.807) is 27.4 Å². The van der Waals surface area contributed by atoms with Gasteiger partial charge in [0.1, 0.15) is 6.61 Å². The van der Waals surface area contributed by atoms with Gasteiger partial charge in [0, 0.05) is 33.0 Å². The number of carbonyl (C=O) groups is 1. The van der Waals surface area contributed by atoms with Gasteiger partial charge in [-0.2, -0.15) is 0 Å². The molecule has 0 saturated carbocycles. The van der Waals surface area contributed by atoms with E-state index in [2.05, 4.69) is 5.32 Å². The van der Waals surface area contributed by atoms with E-state index in [1.807, 2.05) is 19.1 Å². The number of hydrogen-bond acceptors (Lipinski definition) is 6. The number of hydrogen-bond donors (Lipinski definition) is 1. The van der Waals surface area contributed by atoms with Gasteiger partial charge in [0.25, 0.3) is 11.5 Å². The Morgan fingerprint density at radius 3 is 2.48 bits per heavy atom.